The van der Waals surface area contributed by atoms with E-state index < -0.39 is 0 Å². The van der Waals surface area contributed by atoms with Crippen molar-refractivity contribution in [2.45, 2.75) is 34.1 Å². The molecule has 3 aromatic rings. The lowest BCUT2D eigenvalue weighted by molar-refractivity contribution is -0.116. The Bertz CT molecular complexity index is 1050. The molecule has 0 radical (unpaired) electrons. The van der Waals surface area contributed by atoms with Gasteiger partial charge in [0.2, 0.25) is 5.91 Å². The number of furan rings is 1. The molecule has 0 aliphatic rings. The highest BCUT2D eigenvalue weighted by Crippen LogP contribution is 2.40. The smallest absolute Gasteiger partial charge is 0.244 e. The van der Waals surface area contributed by atoms with Gasteiger partial charge in [0, 0.05) is 34.7 Å². The van der Waals surface area contributed by atoms with Crippen LogP contribution in [0.2, 0.25) is 0 Å². The second-order valence-electron chi connectivity index (χ2n) is 6.96. The molecule has 0 saturated carbocycles. The van der Waals surface area contributed by atoms with Crippen LogP contribution in [0.25, 0.3) is 27.7 Å². The fourth-order valence-corrected chi connectivity index (χ4v) is 3.37. The van der Waals surface area contributed by atoms with Crippen molar-refractivity contribution in [2.75, 3.05) is 13.2 Å². The molecular weight excluding hydrogens is 369 g/mol. The van der Waals surface area contributed by atoms with Crippen molar-refractivity contribution >= 4 is 22.4 Å². The topological polar surface area (TPSA) is 51.5 Å². The maximum Gasteiger partial charge on any atom is 0.244 e. The van der Waals surface area contributed by atoms with Crippen LogP contribution >= 0.6 is 0 Å². The zero-order valence-electron chi connectivity index (χ0n) is 17.3. The Morgan fingerprint density at radius 2 is 1.97 bits per heavy atom. The van der Waals surface area contributed by atoms with Crippen molar-refractivity contribution in [3.63, 3.8) is 0 Å². The number of allylic oxidation sites excluding steroid dienone is 1. The van der Waals surface area contributed by atoms with Gasteiger partial charge in [0.25, 0.3) is 0 Å². The van der Waals surface area contributed by atoms with E-state index in [0.29, 0.717) is 18.9 Å². The molecule has 0 aliphatic carbocycles. The zero-order chi connectivity index (χ0) is 21.0. The highest BCUT2D eigenvalue weighted by molar-refractivity contribution is 6.01. The molecule has 0 aliphatic heterocycles. The van der Waals surface area contributed by atoms with Crippen molar-refractivity contribution in [3.05, 3.63) is 59.6 Å². The largest absolute Gasteiger partial charge is 0.493 e. The molecule has 152 valence electrons. The van der Waals surface area contributed by atoms with Gasteiger partial charge in [0.15, 0.2) is 0 Å². The van der Waals surface area contributed by atoms with Gasteiger partial charge >= 0.3 is 0 Å². The van der Waals surface area contributed by atoms with Crippen LogP contribution in [-0.4, -0.2) is 19.1 Å². The van der Waals surface area contributed by atoms with Gasteiger partial charge in [-0.15, -0.1) is 0 Å². The highest BCUT2D eigenvalue weighted by atomic mass is 19.1. The first-order valence-electron chi connectivity index (χ1n) is 9.86. The number of amides is 1. The van der Waals surface area contributed by atoms with E-state index >= 15 is 0 Å². The molecule has 2 aromatic carbocycles. The molecule has 29 heavy (non-hydrogen) atoms. The summed E-state index contributed by atoms with van der Waals surface area (Å²) in [5, 5.41) is 3.76. The summed E-state index contributed by atoms with van der Waals surface area (Å²) in [6, 6.07) is 8.30. The Labute approximate surface area is 170 Å². The molecule has 4 nitrogen and oxygen atoms in total. The van der Waals surface area contributed by atoms with E-state index in [9.17, 15) is 9.18 Å². The molecule has 0 saturated heterocycles. The summed E-state index contributed by atoms with van der Waals surface area (Å²) in [5.41, 5.74) is 4.97. The van der Waals surface area contributed by atoms with E-state index in [2.05, 4.69) is 5.32 Å². The normalized spacial score (nSPS) is 11.7. The number of carbonyl (C=O) groups excluding carboxylic acids is 1. The summed E-state index contributed by atoms with van der Waals surface area (Å²) in [6.45, 7) is 8.91. The summed E-state index contributed by atoms with van der Waals surface area (Å²) >= 11 is 0. The van der Waals surface area contributed by atoms with Gasteiger partial charge in [-0.2, -0.15) is 0 Å². The summed E-state index contributed by atoms with van der Waals surface area (Å²) in [5.74, 6) is 0.293. The number of aryl methyl sites for hydroxylation is 1. The van der Waals surface area contributed by atoms with Crippen LogP contribution in [0.3, 0.4) is 0 Å². The molecule has 0 spiro atoms. The number of hydrogen-bond donors (Lipinski definition) is 1. The van der Waals surface area contributed by atoms with E-state index in [1.54, 1.807) is 24.5 Å². The Morgan fingerprint density at radius 3 is 2.62 bits per heavy atom. The number of hydrogen-bond acceptors (Lipinski definition) is 3. The fraction of sp³-hybridized carbons (Fsp3) is 0.292. The van der Waals surface area contributed by atoms with Gasteiger partial charge in [0.05, 0.1) is 12.9 Å². The average Bonchev–Trinajstić information content (AvgIpc) is 3.13. The van der Waals surface area contributed by atoms with Crippen molar-refractivity contribution in [2.24, 2.45) is 0 Å². The molecular formula is C24H26FNO3. The second-order valence-corrected chi connectivity index (χ2v) is 6.96. The van der Waals surface area contributed by atoms with Crippen LogP contribution < -0.4 is 10.1 Å². The molecule has 1 N–H and O–H groups in total. The first kappa shape index (κ1) is 20.6. The third-order valence-corrected chi connectivity index (χ3v) is 4.81. The van der Waals surface area contributed by atoms with Gasteiger partial charge in [0.1, 0.15) is 17.1 Å². The van der Waals surface area contributed by atoms with Crippen LogP contribution in [0.15, 0.2) is 47.1 Å². The third kappa shape index (κ3) is 4.34. The highest BCUT2D eigenvalue weighted by Gasteiger charge is 2.19. The van der Waals surface area contributed by atoms with Crippen LogP contribution in [0.5, 0.6) is 5.75 Å². The zero-order valence-corrected chi connectivity index (χ0v) is 17.3. The SMILES string of the molecule is CCCNC(=O)/C=C(\C)c1cc2c(-c3ccc(F)cc3)coc2c(C)c1OCC. The lowest BCUT2D eigenvalue weighted by atomic mass is 9.96. The van der Waals surface area contributed by atoms with E-state index in [4.69, 9.17) is 9.15 Å². The summed E-state index contributed by atoms with van der Waals surface area (Å²) in [7, 11) is 0. The molecule has 1 aromatic heterocycles. The van der Waals surface area contributed by atoms with Crippen LogP contribution in [0.1, 0.15) is 38.3 Å². The second kappa shape index (κ2) is 8.95. The monoisotopic (exact) mass is 395 g/mol. The number of rotatable bonds is 7. The van der Waals surface area contributed by atoms with Crippen LogP contribution in [0, 0.1) is 12.7 Å². The fourth-order valence-electron chi connectivity index (χ4n) is 3.37. The van der Waals surface area contributed by atoms with Crippen molar-refractivity contribution in [1.82, 2.24) is 5.32 Å². The maximum absolute atomic E-state index is 13.3. The third-order valence-electron chi connectivity index (χ3n) is 4.81. The Morgan fingerprint density at radius 1 is 1.24 bits per heavy atom. The first-order valence-corrected chi connectivity index (χ1v) is 9.86. The molecule has 5 heteroatoms. The quantitative estimate of drug-likeness (QED) is 0.509. The number of nitrogens with one attached hydrogen (secondary N) is 1. The van der Waals surface area contributed by atoms with Gasteiger partial charge in [-0.05, 0) is 56.5 Å². The summed E-state index contributed by atoms with van der Waals surface area (Å²) in [6.07, 6.45) is 4.15. The van der Waals surface area contributed by atoms with Crippen LogP contribution in [-0.2, 0) is 4.79 Å². The number of fused-ring (bicyclic) bond motifs is 1. The predicted molar refractivity (Wildman–Crippen MR) is 114 cm³/mol. The number of halogens is 1. The summed E-state index contributed by atoms with van der Waals surface area (Å²) in [4.78, 5) is 12.2. The molecule has 1 heterocycles. The minimum Gasteiger partial charge on any atom is -0.493 e. The number of ether oxygens (including phenoxy) is 1. The van der Waals surface area contributed by atoms with Crippen molar-refractivity contribution in [1.29, 1.82) is 0 Å². The minimum atomic E-state index is -0.283. The average molecular weight is 395 g/mol. The first-order chi connectivity index (χ1) is 14.0. The molecule has 0 fully saturated rings. The Balaban J connectivity index is 2.15. The van der Waals surface area contributed by atoms with Gasteiger partial charge in [-0.3, -0.25) is 4.79 Å². The van der Waals surface area contributed by atoms with Crippen LogP contribution in [0.4, 0.5) is 4.39 Å². The lowest BCUT2D eigenvalue weighted by Crippen LogP contribution is -2.21. The maximum atomic E-state index is 13.3. The molecule has 1 amide bonds. The van der Waals surface area contributed by atoms with E-state index in [1.165, 1.54) is 12.1 Å². The van der Waals surface area contributed by atoms with Gasteiger partial charge in [-0.25, -0.2) is 4.39 Å². The minimum absolute atomic E-state index is 0.129. The summed E-state index contributed by atoms with van der Waals surface area (Å²) < 4.78 is 25.1. The van der Waals surface area contributed by atoms with Crippen molar-refractivity contribution in [3.8, 4) is 16.9 Å². The lowest BCUT2D eigenvalue weighted by Gasteiger charge is -2.15. The predicted octanol–water partition coefficient (Wildman–Crippen LogP) is 5.88. The van der Waals surface area contributed by atoms with Crippen molar-refractivity contribution < 1.29 is 18.3 Å². The molecule has 3 rings (SSSR count). The van der Waals surface area contributed by atoms with E-state index in [1.807, 2.05) is 33.8 Å². The standard InChI is InChI=1S/C24H26FNO3/c1-5-11-26-22(27)12-15(3)19-13-20-21(17-7-9-18(25)10-8-17)14-29-24(20)16(4)23(19)28-6-2/h7-10,12-14H,5-6,11H2,1-4H3,(H,26,27)/b15-12+. The van der Waals surface area contributed by atoms with E-state index in [0.717, 1.165) is 45.2 Å². The molecule has 0 atom stereocenters. The van der Waals surface area contributed by atoms with Gasteiger partial charge in [-0.1, -0.05) is 19.1 Å². The molecule has 0 unspecified atom stereocenters. The van der Waals surface area contributed by atoms with Gasteiger partial charge < -0.3 is 14.5 Å². The Kier molecular flexibility index (Phi) is 6.37. The number of benzene rings is 2. The van der Waals surface area contributed by atoms with E-state index in [-0.39, 0.29) is 11.7 Å². The Hall–Kier alpha value is -3.08. The number of carbonyl (C=O) groups is 1. The molecule has 0 bridgehead atoms.